The van der Waals surface area contributed by atoms with Gasteiger partial charge in [0, 0.05) is 37.4 Å². The van der Waals surface area contributed by atoms with Crippen LogP contribution in [0, 0.1) is 6.20 Å². The molecule has 1 nitrogen and oxygen atoms in total. The number of rotatable bonds is 0. The van der Waals surface area contributed by atoms with Crippen molar-refractivity contribution in [1.82, 2.24) is 4.57 Å². The van der Waals surface area contributed by atoms with Crippen molar-refractivity contribution in [2.24, 2.45) is 7.05 Å². The smallest absolute Gasteiger partial charge is 0.0656 e. The van der Waals surface area contributed by atoms with Crippen molar-refractivity contribution in [3.05, 3.63) is 36.5 Å². The summed E-state index contributed by atoms with van der Waals surface area (Å²) in [6.45, 7) is 0. The maximum atomic E-state index is 3.09. The van der Waals surface area contributed by atoms with E-state index in [-0.39, 0.29) is 31.9 Å². The molecule has 1 radical (unpaired) electrons. The van der Waals surface area contributed by atoms with Gasteiger partial charge < -0.3 is 17.0 Å². The van der Waals surface area contributed by atoms with Crippen LogP contribution in [0.4, 0.5) is 0 Å². The average Bonchev–Trinajstić information content (AvgIpc) is 2.34. The number of hydrogen-bond donors (Lipinski definition) is 0. The van der Waals surface area contributed by atoms with Gasteiger partial charge in [0.25, 0.3) is 0 Å². The summed E-state index contributed by atoms with van der Waals surface area (Å²) in [7, 11) is 2.00. The van der Waals surface area contributed by atoms with Crippen LogP contribution in [-0.2, 0) is 26.5 Å². The van der Waals surface area contributed by atoms with Crippen molar-refractivity contribution < 1.29 is 31.9 Å². The molecule has 1 aromatic carbocycles. The molecule has 0 aliphatic heterocycles. The molecule has 2 aromatic rings. The summed E-state index contributed by atoms with van der Waals surface area (Å²) in [6, 6.07) is 10.2. The second kappa shape index (κ2) is 4.64. The van der Waals surface area contributed by atoms with Crippen LogP contribution in [0.15, 0.2) is 30.3 Å². The standard InChI is InChI=1S/C9H8N.ClH.Zn/c1-10-7-6-8-4-2-3-5-9(8)10;;/h2-6H,1H3;1H;/p-1. The van der Waals surface area contributed by atoms with Crippen LogP contribution in [0.3, 0.4) is 0 Å². The van der Waals surface area contributed by atoms with E-state index in [1.54, 1.807) is 0 Å². The van der Waals surface area contributed by atoms with Gasteiger partial charge in [0.2, 0.25) is 0 Å². The number of hydrogen-bond acceptors (Lipinski definition) is 0. The second-order valence-electron chi connectivity index (χ2n) is 2.39. The quantitative estimate of drug-likeness (QED) is 0.511. The van der Waals surface area contributed by atoms with E-state index in [0.717, 1.165) is 0 Å². The fourth-order valence-electron chi connectivity index (χ4n) is 1.15. The minimum atomic E-state index is 0. The van der Waals surface area contributed by atoms with Crippen LogP contribution < -0.4 is 12.4 Å². The normalized spacial score (nSPS) is 8.75. The van der Waals surface area contributed by atoms with E-state index in [1.165, 1.54) is 10.9 Å². The Morgan fingerprint density at radius 1 is 1.25 bits per heavy atom. The first-order chi connectivity index (χ1) is 4.88. The molecule has 0 saturated carbocycles. The van der Waals surface area contributed by atoms with Gasteiger partial charge in [0.1, 0.15) is 0 Å². The van der Waals surface area contributed by atoms with Gasteiger partial charge in [-0.05, 0) is 12.1 Å². The van der Waals surface area contributed by atoms with Gasteiger partial charge in [-0.15, -0.1) is 0 Å². The number of benzene rings is 1. The molecule has 1 heterocycles. The molecule has 0 aliphatic rings. The van der Waals surface area contributed by atoms with Crippen molar-refractivity contribution in [3.63, 3.8) is 0 Å². The molecule has 2 rings (SSSR count). The first-order valence-corrected chi connectivity index (χ1v) is 3.30. The van der Waals surface area contributed by atoms with Crippen molar-refractivity contribution in [2.75, 3.05) is 0 Å². The first kappa shape index (κ1) is 11.7. The molecule has 0 bridgehead atoms. The van der Waals surface area contributed by atoms with Crippen LogP contribution >= 0.6 is 0 Å². The van der Waals surface area contributed by atoms with Crippen LogP contribution in [0.2, 0.25) is 0 Å². The molecule has 0 saturated heterocycles. The maximum absolute atomic E-state index is 3.09. The SMILES string of the molecule is Cn1[c]cc2ccccc21.[Cl-].[Zn]. The summed E-state index contributed by atoms with van der Waals surface area (Å²) in [5, 5.41) is 1.25. The Balaban J connectivity index is 0.000000605. The average molecular weight is 231 g/mol. The number of aryl methyl sites for hydroxylation is 1. The largest absolute Gasteiger partial charge is 1.00 e. The Hall–Kier alpha value is -0.327. The fourth-order valence-corrected chi connectivity index (χ4v) is 1.15. The zero-order chi connectivity index (χ0) is 6.97. The third kappa shape index (κ3) is 1.88. The van der Waals surface area contributed by atoms with Crippen molar-refractivity contribution in [1.29, 1.82) is 0 Å². The van der Waals surface area contributed by atoms with Gasteiger partial charge >= 0.3 is 0 Å². The fraction of sp³-hybridized carbons (Fsp3) is 0.111. The summed E-state index contributed by atoms with van der Waals surface area (Å²) in [6.07, 6.45) is 3.09. The van der Waals surface area contributed by atoms with E-state index in [1.807, 2.05) is 29.8 Å². The molecule has 0 amide bonds. The van der Waals surface area contributed by atoms with Gasteiger partial charge in [-0.3, -0.25) is 0 Å². The van der Waals surface area contributed by atoms with Gasteiger partial charge in [0.05, 0.1) is 6.20 Å². The summed E-state index contributed by atoms with van der Waals surface area (Å²) in [5.74, 6) is 0. The molecule has 0 unspecified atom stereocenters. The van der Waals surface area contributed by atoms with Crippen molar-refractivity contribution in [2.45, 2.75) is 0 Å². The maximum Gasteiger partial charge on any atom is 0.0656 e. The monoisotopic (exact) mass is 229 g/mol. The number of halogens is 1. The van der Waals surface area contributed by atoms with Crippen molar-refractivity contribution >= 4 is 10.9 Å². The van der Waals surface area contributed by atoms with Gasteiger partial charge in [-0.1, -0.05) is 18.2 Å². The Morgan fingerprint density at radius 3 is 2.58 bits per heavy atom. The predicted octanol–water partition coefficient (Wildman–Crippen LogP) is -1.02. The van der Waals surface area contributed by atoms with Crippen molar-refractivity contribution in [3.8, 4) is 0 Å². The molecule has 0 N–H and O–H groups in total. The van der Waals surface area contributed by atoms with E-state index in [2.05, 4.69) is 18.3 Å². The first-order valence-electron chi connectivity index (χ1n) is 3.30. The van der Waals surface area contributed by atoms with Crippen LogP contribution in [0.5, 0.6) is 0 Å². The molecule has 0 fully saturated rings. The van der Waals surface area contributed by atoms with E-state index >= 15 is 0 Å². The Labute approximate surface area is 90.9 Å². The second-order valence-corrected chi connectivity index (χ2v) is 2.39. The molecule has 0 atom stereocenters. The van der Waals surface area contributed by atoms with E-state index < -0.39 is 0 Å². The van der Waals surface area contributed by atoms with Gasteiger partial charge in [0.15, 0.2) is 0 Å². The Morgan fingerprint density at radius 2 is 1.92 bits per heavy atom. The third-order valence-electron chi connectivity index (χ3n) is 1.71. The Bertz CT molecular complexity index is 356. The number of nitrogens with zero attached hydrogens (tertiary/aromatic N) is 1. The number of para-hydroxylation sites is 1. The molecular weight excluding hydrogens is 223 g/mol. The van der Waals surface area contributed by atoms with E-state index in [4.69, 9.17) is 0 Å². The molecule has 0 spiro atoms. The summed E-state index contributed by atoms with van der Waals surface area (Å²) >= 11 is 0. The van der Waals surface area contributed by atoms with Gasteiger partial charge in [-0.25, -0.2) is 0 Å². The minimum Gasteiger partial charge on any atom is -1.00 e. The zero-order valence-corrected chi connectivity index (χ0v) is 10.6. The molecular formula is C9H8ClNZn-. The molecule has 3 heteroatoms. The number of aromatic nitrogens is 1. The molecule has 12 heavy (non-hydrogen) atoms. The summed E-state index contributed by atoms with van der Waals surface area (Å²) in [5.41, 5.74) is 1.24. The molecule has 0 aliphatic carbocycles. The predicted molar refractivity (Wildman–Crippen MR) is 41.8 cm³/mol. The van der Waals surface area contributed by atoms with E-state index in [0.29, 0.717) is 0 Å². The summed E-state index contributed by atoms with van der Waals surface area (Å²) in [4.78, 5) is 0. The molecule has 59 valence electrons. The van der Waals surface area contributed by atoms with E-state index in [9.17, 15) is 0 Å². The van der Waals surface area contributed by atoms with Gasteiger partial charge in [-0.2, -0.15) is 0 Å². The zero-order valence-electron chi connectivity index (χ0n) is 6.92. The summed E-state index contributed by atoms with van der Waals surface area (Å²) < 4.78 is 2.00. The minimum absolute atomic E-state index is 0. The number of fused-ring (bicyclic) bond motifs is 1. The molecule has 1 aromatic heterocycles. The van der Waals surface area contributed by atoms with Crippen LogP contribution in [0.25, 0.3) is 10.9 Å². The van der Waals surface area contributed by atoms with Crippen LogP contribution in [0.1, 0.15) is 0 Å². The third-order valence-corrected chi connectivity index (χ3v) is 1.71. The topological polar surface area (TPSA) is 4.93 Å². The Kier molecular flexibility index (Phi) is 4.51. The van der Waals surface area contributed by atoms with Crippen LogP contribution in [-0.4, -0.2) is 4.57 Å².